The second kappa shape index (κ2) is 4.23. The van der Waals surface area contributed by atoms with Gasteiger partial charge in [-0.25, -0.2) is 0 Å². The van der Waals surface area contributed by atoms with E-state index in [1.165, 1.54) is 0 Å². The third-order valence-electron chi connectivity index (χ3n) is 3.05. The summed E-state index contributed by atoms with van der Waals surface area (Å²) in [6, 6.07) is 7.32. The van der Waals surface area contributed by atoms with E-state index in [0.29, 0.717) is 5.69 Å². The van der Waals surface area contributed by atoms with E-state index in [0.717, 1.165) is 5.56 Å². The molecule has 0 spiro atoms. The highest BCUT2D eigenvalue weighted by Crippen LogP contribution is 2.35. The van der Waals surface area contributed by atoms with Crippen LogP contribution in [0.15, 0.2) is 24.3 Å². The zero-order valence-corrected chi connectivity index (χ0v) is 10.0. The van der Waals surface area contributed by atoms with Gasteiger partial charge >= 0.3 is 0 Å². The Morgan fingerprint density at radius 3 is 2.47 bits per heavy atom. The summed E-state index contributed by atoms with van der Waals surface area (Å²) in [5.41, 5.74) is 6.55. The fourth-order valence-electron chi connectivity index (χ4n) is 1.54. The molecule has 0 fully saturated rings. The van der Waals surface area contributed by atoms with Gasteiger partial charge in [0.1, 0.15) is 0 Å². The van der Waals surface area contributed by atoms with E-state index in [1.54, 1.807) is 12.1 Å². The minimum absolute atomic E-state index is 0.129. The molecule has 1 aromatic carbocycles. The molecule has 0 amide bonds. The molecule has 0 radical (unpaired) electrons. The standard InChI is InChI=1S/C12H16ClNO/c1-8(2)12(3,11(13)15)9-5-4-6-10(14)7-9/h4-8H,14H2,1-3H3. The zero-order valence-electron chi connectivity index (χ0n) is 9.25. The molecule has 0 aliphatic carbocycles. The van der Waals surface area contributed by atoms with Gasteiger partial charge < -0.3 is 5.73 Å². The van der Waals surface area contributed by atoms with E-state index in [9.17, 15) is 4.79 Å². The Morgan fingerprint density at radius 1 is 1.47 bits per heavy atom. The number of hydrogen-bond acceptors (Lipinski definition) is 2. The molecule has 2 N–H and O–H groups in total. The first-order valence-corrected chi connectivity index (χ1v) is 5.32. The molecule has 3 heteroatoms. The monoisotopic (exact) mass is 225 g/mol. The van der Waals surface area contributed by atoms with E-state index in [-0.39, 0.29) is 11.2 Å². The number of benzene rings is 1. The maximum absolute atomic E-state index is 11.5. The summed E-state index contributed by atoms with van der Waals surface area (Å²) in [5.74, 6) is 0.129. The van der Waals surface area contributed by atoms with Crippen LogP contribution in [0.25, 0.3) is 0 Å². The van der Waals surface area contributed by atoms with Gasteiger partial charge in [-0.3, -0.25) is 4.79 Å². The van der Waals surface area contributed by atoms with Crippen LogP contribution in [0.3, 0.4) is 0 Å². The molecule has 0 aliphatic heterocycles. The molecule has 0 saturated heterocycles. The van der Waals surface area contributed by atoms with Gasteiger partial charge in [0.25, 0.3) is 0 Å². The van der Waals surface area contributed by atoms with Gasteiger partial charge in [-0.2, -0.15) is 0 Å². The Bertz CT molecular complexity index is 376. The van der Waals surface area contributed by atoms with Crippen LogP contribution in [0.5, 0.6) is 0 Å². The highest BCUT2D eigenvalue weighted by atomic mass is 35.5. The van der Waals surface area contributed by atoms with E-state index in [2.05, 4.69) is 0 Å². The predicted octanol–water partition coefficient (Wildman–Crippen LogP) is 2.95. The second-order valence-corrected chi connectivity index (χ2v) is 4.60. The number of nitrogen functional groups attached to an aromatic ring is 1. The lowest BCUT2D eigenvalue weighted by atomic mass is 9.74. The third-order valence-corrected chi connectivity index (χ3v) is 3.44. The summed E-state index contributed by atoms with van der Waals surface area (Å²) in [6.07, 6.45) is 0. The van der Waals surface area contributed by atoms with Crippen molar-refractivity contribution in [2.24, 2.45) is 5.92 Å². The Kier molecular flexibility index (Phi) is 3.40. The summed E-state index contributed by atoms with van der Waals surface area (Å²) < 4.78 is 0. The van der Waals surface area contributed by atoms with Gasteiger partial charge in [0, 0.05) is 5.69 Å². The number of hydrogen-bond donors (Lipinski definition) is 1. The largest absolute Gasteiger partial charge is 0.399 e. The van der Waals surface area contributed by atoms with Crippen LogP contribution < -0.4 is 5.73 Å². The van der Waals surface area contributed by atoms with E-state index in [1.807, 2.05) is 32.9 Å². The molecule has 82 valence electrons. The topological polar surface area (TPSA) is 43.1 Å². The average molecular weight is 226 g/mol. The number of carbonyl (C=O) groups is 1. The van der Waals surface area contributed by atoms with Crippen LogP contribution >= 0.6 is 11.6 Å². The summed E-state index contributed by atoms with van der Waals surface area (Å²) in [7, 11) is 0. The lowest BCUT2D eigenvalue weighted by Crippen LogP contribution is -2.35. The molecule has 0 saturated carbocycles. The number of nitrogens with two attached hydrogens (primary N) is 1. The van der Waals surface area contributed by atoms with E-state index in [4.69, 9.17) is 17.3 Å². The number of halogens is 1. The summed E-state index contributed by atoms with van der Waals surface area (Å²) in [6.45, 7) is 5.80. The molecule has 0 heterocycles. The van der Waals surface area contributed by atoms with Gasteiger partial charge in [0.05, 0.1) is 5.41 Å². The molecule has 0 bridgehead atoms. The van der Waals surface area contributed by atoms with Gasteiger partial charge in [0.2, 0.25) is 5.24 Å². The van der Waals surface area contributed by atoms with Crippen molar-refractivity contribution in [2.75, 3.05) is 5.73 Å². The molecule has 1 aromatic rings. The Labute approximate surface area is 95.4 Å². The molecule has 1 atom stereocenters. The van der Waals surface area contributed by atoms with Crippen molar-refractivity contribution >= 4 is 22.5 Å². The van der Waals surface area contributed by atoms with Gasteiger partial charge in [-0.15, -0.1) is 0 Å². The van der Waals surface area contributed by atoms with Gasteiger partial charge in [-0.05, 0) is 42.1 Å². The molecule has 0 aliphatic rings. The van der Waals surface area contributed by atoms with Crippen molar-refractivity contribution in [3.8, 4) is 0 Å². The van der Waals surface area contributed by atoms with Crippen molar-refractivity contribution in [2.45, 2.75) is 26.2 Å². The smallest absolute Gasteiger partial charge is 0.232 e. The number of anilines is 1. The Morgan fingerprint density at radius 2 is 2.07 bits per heavy atom. The molecule has 0 aromatic heterocycles. The van der Waals surface area contributed by atoms with E-state index < -0.39 is 5.41 Å². The van der Waals surface area contributed by atoms with Crippen LogP contribution in [0.4, 0.5) is 5.69 Å². The first-order chi connectivity index (χ1) is 6.89. The zero-order chi connectivity index (χ0) is 11.6. The summed E-state index contributed by atoms with van der Waals surface area (Å²) in [4.78, 5) is 11.5. The molecule has 15 heavy (non-hydrogen) atoms. The normalized spacial score (nSPS) is 15.0. The number of carbonyl (C=O) groups excluding carboxylic acids is 1. The van der Waals surface area contributed by atoms with Crippen LogP contribution in [0.2, 0.25) is 0 Å². The molecule has 1 rings (SSSR count). The van der Waals surface area contributed by atoms with Gasteiger partial charge in [-0.1, -0.05) is 26.0 Å². The first kappa shape index (κ1) is 12.1. The fourth-order valence-corrected chi connectivity index (χ4v) is 1.86. The molecular formula is C12H16ClNO. The van der Waals surface area contributed by atoms with E-state index >= 15 is 0 Å². The summed E-state index contributed by atoms with van der Waals surface area (Å²) >= 11 is 5.69. The van der Waals surface area contributed by atoms with Crippen LogP contribution in [0.1, 0.15) is 26.3 Å². The molecular weight excluding hydrogens is 210 g/mol. The van der Waals surface area contributed by atoms with Crippen molar-refractivity contribution in [3.63, 3.8) is 0 Å². The lowest BCUT2D eigenvalue weighted by molar-refractivity contribution is -0.117. The Balaban J connectivity index is 3.28. The number of rotatable bonds is 3. The summed E-state index contributed by atoms with van der Waals surface area (Å²) in [5, 5.41) is -0.344. The van der Waals surface area contributed by atoms with Crippen LogP contribution in [-0.4, -0.2) is 5.24 Å². The van der Waals surface area contributed by atoms with Crippen LogP contribution in [0, 0.1) is 5.92 Å². The highest BCUT2D eigenvalue weighted by Gasteiger charge is 2.37. The quantitative estimate of drug-likeness (QED) is 0.635. The maximum atomic E-state index is 11.5. The minimum atomic E-state index is -0.670. The SMILES string of the molecule is CC(C)C(C)(C(=O)Cl)c1cccc(N)c1. The average Bonchev–Trinajstić information content (AvgIpc) is 2.15. The first-order valence-electron chi connectivity index (χ1n) is 4.95. The Hall–Kier alpha value is -1.02. The van der Waals surface area contributed by atoms with Crippen LogP contribution in [-0.2, 0) is 10.2 Å². The van der Waals surface area contributed by atoms with Gasteiger partial charge in [0.15, 0.2) is 0 Å². The van der Waals surface area contributed by atoms with Crippen molar-refractivity contribution in [3.05, 3.63) is 29.8 Å². The second-order valence-electron chi connectivity index (χ2n) is 4.26. The predicted molar refractivity (Wildman–Crippen MR) is 63.9 cm³/mol. The third kappa shape index (κ3) is 2.15. The molecule has 1 unspecified atom stereocenters. The minimum Gasteiger partial charge on any atom is -0.399 e. The van der Waals surface area contributed by atoms with Crippen molar-refractivity contribution in [1.29, 1.82) is 0 Å². The van der Waals surface area contributed by atoms with Crippen molar-refractivity contribution < 1.29 is 4.79 Å². The fraction of sp³-hybridized carbons (Fsp3) is 0.417. The maximum Gasteiger partial charge on any atom is 0.232 e. The van der Waals surface area contributed by atoms with Crippen molar-refractivity contribution in [1.82, 2.24) is 0 Å². The molecule has 2 nitrogen and oxygen atoms in total. The lowest BCUT2D eigenvalue weighted by Gasteiger charge is -2.30. The highest BCUT2D eigenvalue weighted by molar-refractivity contribution is 6.65.